The zero-order valence-corrected chi connectivity index (χ0v) is 14.7. The number of hydrogen-bond acceptors (Lipinski definition) is 5. The SMILES string of the molecule is Cc1cccc(-c2nnc(CN3CCN(c4ccccc4F)CC3)o2)c1. The third-order valence-corrected chi connectivity index (χ3v) is 4.66. The summed E-state index contributed by atoms with van der Waals surface area (Å²) < 4.78 is 19.7. The fraction of sp³-hybridized carbons (Fsp3) is 0.300. The van der Waals surface area contributed by atoms with Crippen LogP contribution in [0.2, 0.25) is 0 Å². The highest BCUT2D eigenvalue weighted by Crippen LogP contribution is 2.22. The fourth-order valence-electron chi connectivity index (χ4n) is 3.26. The highest BCUT2D eigenvalue weighted by molar-refractivity contribution is 5.53. The van der Waals surface area contributed by atoms with Gasteiger partial charge in [0, 0.05) is 31.7 Å². The standard InChI is InChI=1S/C20H21FN4O/c1-15-5-4-6-16(13-15)20-23-22-19(26-20)14-24-9-11-25(12-10-24)18-8-3-2-7-17(18)21/h2-8,13H,9-12,14H2,1H3. The molecule has 4 rings (SSSR count). The maximum atomic E-state index is 13.9. The van der Waals surface area contributed by atoms with Crippen molar-refractivity contribution in [2.45, 2.75) is 13.5 Å². The van der Waals surface area contributed by atoms with Crippen LogP contribution >= 0.6 is 0 Å². The van der Waals surface area contributed by atoms with Crippen LogP contribution in [0.5, 0.6) is 0 Å². The van der Waals surface area contributed by atoms with Crippen molar-refractivity contribution in [1.29, 1.82) is 0 Å². The lowest BCUT2D eigenvalue weighted by molar-refractivity contribution is 0.226. The van der Waals surface area contributed by atoms with Gasteiger partial charge in [-0.15, -0.1) is 10.2 Å². The summed E-state index contributed by atoms with van der Waals surface area (Å²) in [6.45, 7) is 5.87. The molecule has 0 aliphatic carbocycles. The molecular formula is C20H21FN4O. The Kier molecular flexibility index (Phi) is 4.67. The molecule has 1 aliphatic rings. The van der Waals surface area contributed by atoms with Crippen LogP contribution in [-0.4, -0.2) is 41.3 Å². The largest absolute Gasteiger partial charge is 0.419 e. The lowest BCUT2D eigenvalue weighted by Gasteiger charge is -2.35. The lowest BCUT2D eigenvalue weighted by Crippen LogP contribution is -2.46. The minimum atomic E-state index is -0.166. The monoisotopic (exact) mass is 352 g/mol. The summed E-state index contributed by atoms with van der Waals surface area (Å²) in [5.41, 5.74) is 2.77. The number of para-hydroxylation sites is 1. The van der Waals surface area contributed by atoms with E-state index in [4.69, 9.17) is 4.42 Å². The summed E-state index contributed by atoms with van der Waals surface area (Å²) in [6.07, 6.45) is 0. The Morgan fingerprint density at radius 3 is 2.58 bits per heavy atom. The van der Waals surface area contributed by atoms with Crippen LogP contribution < -0.4 is 4.90 Å². The van der Waals surface area contributed by atoms with E-state index in [9.17, 15) is 4.39 Å². The summed E-state index contributed by atoms with van der Waals surface area (Å²) in [5.74, 6) is 0.996. The molecule has 0 radical (unpaired) electrons. The third kappa shape index (κ3) is 3.60. The number of benzene rings is 2. The molecule has 0 spiro atoms. The first-order valence-electron chi connectivity index (χ1n) is 8.80. The Labute approximate surface area is 152 Å². The van der Waals surface area contributed by atoms with Gasteiger partial charge in [-0.1, -0.05) is 29.8 Å². The van der Waals surface area contributed by atoms with Crippen LogP contribution in [0.1, 0.15) is 11.5 Å². The van der Waals surface area contributed by atoms with Crippen LogP contribution in [-0.2, 0) is 6.54 Å². The molecule has 0 atom stereocenters. The molecule has 2 aromatic carbocycles. The van der Waals surface area contributed by atoms with E-state index >= 15 is 0 Å². The molecule has 134 valence electrons. The van der Waals surface area contributed by atoms with Crippen molar-refractivity contribution >= 4 is 5.69 Å². The van der Waals surface area contributed by atoms with Gasteiger partial charge in [0.1, 0.15) is 5.82 Å². The maximum absolute atomic E-state index is 13.9. The summed E-state index contributed by atoms with van der Waals surface area (Å²) in [4.78, 5) is 4.34. The van der Waals surface area contributed by atoms with Crippen molar-refractivity contribution in [2.24, 2.45) is 0 Å². The van der Waals surface area contributed by atoms with Crippen LogP contribution in [0, 0.1) is 12.7 Å². The smallest absolute Gasteiger partial charge is 0.247 e. The molecule has 3 aromatic rings. The van der Waals surface area contributed by atoms with Crippen LogP contribution in [0.4, 0.5) is 10.1 Å². The summed E-state index contributed by atoms with van der Waals surface area (Å²) >= 11 is 0. The van der Waals surface area contributed by atoms with Gasteiger partial charge in [0.25, 0.3) is 0 Å². The first kappa shape index (κ1) is 16.7. The number of aromatic nitrogens is 2. The van der Waals surface area contributed by atoms with Crippen molar-refractivity contribution in [3.05, 3.63) is 65.8 Å². The number of rotatable bonds is 4. The third-order valence-electron chi connectivity index (χ3n) is 4.66. The second-order valence-electron chi connectivity index (χ2n) is 6.59. The number of aryl methyl sites for hydroxylation is 1. The van der Waals surface area contributed by atoms with E-state index in [0.717, 1.165) is 37.3 Å². The molecule has 1 aliphatic heterocycles. The van der Waals surface area contributed by atoms with Gasteiger partial charge in [-0.05, 0) is 31.2 Å². The number of nitrogens with zero attached hydrogens (tertiary/aromatic N) is 4. The molecule has 1 saturated heterocycles. The average molecular weight is 352 g/mol. The van der Waals surface area contributed by atoms with Crippen LogP contribution in [0.15, 0.2) is 52.9 Å². The molecule has 0 bridgehead atoms. The molecule has 1 fully saturated rings. The summed E-state index contributed by atoms with van der Waals surface area (Å²) in [6, 6.07) is 14.9. The molecule has 0 unspecified atom stereocenters. The molecule has 2 heterocycles. The maximum Gasteiger partial charge on any atom is 0.247 e. The summed E-state index contributed by atoms with van der Waals surface area (Å²) in [7, 11) is 0. The molecule has 26 heavy (non-hydrogen) atoms. The molecule has 5 nitrogen and oxygen atoms in total. The zero-order chi connectivity index (χ0) is 17.9. The summed E-state index contributed by atoms with van der Waals surface area (Å²) in [5, 5.41) is 8.34. The molecule has 0 amide bonds. The minimum Gasteiger partial charge on any atom is -0.419 e. The van der Waals surface area contributed by atoms with Crippen LogP contribution in [0.3, 0.4) is 0 Å². The van der Waals surface area contributed by atoms with Crippen molar-refractivity contribution in [1.82, 2.24) is 15.1 Å². The average Bonchev–Trinajstić information content (AvgIpc) is 3.12. The number of piperazine rings is 1. The zero-order valence-electron chi connectivity index (χ0n) is 14.7. The molecule has 0 saturated carbocycles. The molecule has 6 heteroatoms. The van der Waals surface area contributed by atoms with Gasteiger partial charge in [-0.25, -0.2) is 4.39 Å². The second kappa shape index (κ2) is 7.25. The Balaban J connectivity index is 1.37. The van der Waals surface area contributed by atoms with E-state index in [0.29, 0.717) is 24.0 Å². The topological polar surface area (TPSA) is 45.4 Å². The van der Waals surface area contributed by atoms with E-state index in [2.05, 4.69) is 20.0 Å². The van der Waals surface area contributed by atoms with Crippen molar-refractivity contribution in [3.63, 3.8) is 0 Å². The van der Waals surface area contributed by atoms with E-state index in [-0.39, 0.29) is 5.82 Å². The van der Waals surface area contributed by atoms with Gasteiger partial charge in [-0.2, -0.15) is 0 Å². The van der Waals surface area contributed by atoms with E-state index in [1.165, 1.54) is 6.07 Å². The van der Waals surface area contributed by atoms with Gasteiger partial charge in [0.2, 0.25) is 11.8 Å². The first-order chi connectivity index (χ1) is 12.7. The predicted octanol–water partition coefficient (Wildman–Crippen LogP) is 3.51. The Morgan fingerprint density at radius 1 is 1.00 bits per heavy atom. The van der Waals surface area contributed by atoms with Crippen molar-refractivity contribution in [3.8, 4) is 11.5 Å². The molecular weight excluding hydrogens is 331 g/mol. The van der Waals surface area contributed by atoms with E-state index < -0.39 is 0 Å². The predicted molar refractivity (Wildman–Crippen MR) is 98.4 cm³/mol. The Hall–Kier alpha value is -2.73. The van der Waals surface area contributed by atoms with Gasteiger partial charge in [0.15, 0.2) is 0 Å². The second-order valence-corrected chi connectivity index (χ2v) is 6.59. The minimum absolute atomic E-state index is 0.166. The normalized spacial score (nSPS) is 15.4. The van der Waals surface area contributed by atoms with Crippen LogP contribution in [0.25, 0.3) is 11.5 Å². The fourth-order valence-corrected chi connectivity index (χ4v) is 3.26. The highest BCUT2D eigenvalue weighted by Gasteiger charge is 2.21. The lowest BCUT2D eigenvalue weighted by atomic mass is 10.1. The highest BCUT2D eigenvalue weighted by atomic mass is 19.1. The van der Waals surface area contributed by atoms with Gasteiger partial charge < -0.3 is 9.32 Å². The number of anilines is 1. The van der Waals surface area contributed by atoms with Gasteiger partial charge in [-0.3, -0.25) is 4.90 Å². The van der Waals surface area contributed by atoms with Gasteiger partial charge >= 0.3 is 0 Å². The van der Waals surface area contributed by atoms with E-state index in [1.807, 2.05) is 43.3 Å². The first-order valence-corrected chi connectivity index (χ1v) is 8.80. The van der Waals surface area contributed by atoms with Crippen molar-refractivity contribution in [2.75, 3.05) is 31.1 Å². The molecule has 0 N–H and O–H groups in total. The van der Waals surface area contributed by atoms with Crippen molar-refractivity contribution < 1.29 is 8.81 Å². The quantitative estimate of drug-likeness (QED) is 0.719. The molecule has 1 aromatic heterocycles. The number of hydrogen-bond donors (Lipinski definition) is 0. The van der Waals surface area contributed by atoms with Gasteiger partial charge in [0.05, 0.1) is 12.2 Å². The van der Waals surface area contributed by atoms with E-state index in [1.54, 1.807) is 6.07 Å². The number of halogens is 1. The Morgan fingerprint density at radius 2 is 1.81 bits per heavy atom. The Bertz CT molecular complexity index is 887.